The Morgan fingerprint density at radius 3 is 2.49 bits per heavy atom. The predicted molar refractivity (Wildman–Crippen MR) is 145 cm³/mol. The minimum Gasteiger partial charge on any atom is -0.380 e. The normalized spacial score (nSPS) is 21.3. The third-order valence-corrected chi connectivity index (χ3v) is 10.2. The van der Waals surface area contributed by atoms with Crippen LogP contribution < -0.4 is 10.6 Å². The SMILES string of the molecule is C=C1CCC(N2C(=O)c3cccc(NCc4cnn(C5CCN(S(=O)(=O)C(C)(C)C)CC5)c4)c3C2=O)C(=O)N1. The number of aromatic nitrogens is 2. The van der Waals surface area contributed by atoms with Gasteiger partial charge in [-0.2, -0.15) is 5.10 Å². The van der Waals surface area contributed by atoms with Gasteiger partial charge in [-0.1, -0.05) is 12.6 Å². The highest BCUT2D eigenvalue weighted by Crippen LogP contribution is 2.33. The number of imide groups is 1. The van der Waals surface area contributed by atoms with Crippen molar-refractivity contribution in [2.75, 3.05) is 18.4 Å². The lowest BCUT2D eigenvalue weighted by atomic mass is 10.0. The minimum atomic E-state index is -3.36. The Bertz CT molecular complexity index is 1450. The van der Waals surface area contributed by atoms with Crippen LogP contribution in [0.3, 0.4) is 0 Å². The number of benzene rings is 1. The van der Waals surface area contributed by atoms with Gasteiger partial charge >= 0.3 is 0 Å². The monoisotopic (exact) mass is 554 g/mol. The first-order chi connectivity index (χ1) is 18.4. The van der Waals surface area contributed by atoms with Crippen LogP contribution in [0.1, 0.15) is 78.8 Å². The lowest BCUT2D eigenvalue weighted by Gasteiger charge is -2.35. The molecule has 3 aliphatic heterocycles. The number of fused-ring (bicyclic) bond motifs is 1. The lowest BCUT2D eigenvalue weighted by Crippen LogP contribution is -2.51. The number of carbonyl (C=O) groups excluding carboxylic acids is 3. The van der Waals surface area contributed by atoms with E-state index < -0.39 is 38.5 Å². The molecule has 1 aromatic heterocycles. The first-order valence-electron chi connectivity index (χ1n) is 13.1. The molecule has 0 radical (unpaired) electrons. The molecule has 0 saturated carbocycles. The number of hydrogen-bond acceptors (Lipinski definition) is 7. The van der Waals surface area contributed by atoms with Crippen molar-refractivity contribution in [3.05, 3.63) is 59.6 Å². The van der Waals surface area contributed by atoms with Crippen molar-refractivity contribution >= 4 is 33.4 Å². The first-order valence-corrected chi connectivity index (χ1v) is 14.6. The van der Waals surface area contributed by atoms with Crippen molar-refractivity contribution in [2.45, 2.75) is 69.8 Å². The smallest absolute Gasteiger partial charge is 0.264 e. The number of amides is 3. The molecule has 11 nitrogen and oxygen atoms in total. The average Bonchev–Trinajstić information content (AvgIpc) is 3.46. The van der Waals surface area contributed by atoms with Gasteiger partial charge in [0, 0.05) is 42.8 Å². The molecule has 2 aromatic rings. The molecule has 4 heterocycles. The largest absolute Gasteiger partial charge is 0.380 e. The van der Waals surface area contributed by atoms with Crippen molar-refractivity contribution in [1.29, 1.82) is 0 Å². The topological polar surface area (TPSA) is 134 Å². The summed E-state index contributed by atoms with van der Waals surface area (Å²) in [6.45, 7) is 10.2. The molecule has 3 aliphatic rings. The van der Waals surface area contributed by atoms with Crippen molar-refractivity contribution in [3.8, 4) is 0 Å². The van der Waals surface area contributed by atoms with Crippen molar-refractivity contribution in [2.24, 2.45) is 0 Å². The van der Waals surface area contributed by atoms with Gasteiger partial charge in [0.1, 0.15) is 6.04 Å². The van der Waals surface area contributed by atoms with E-state index >= 15 is 0 Å². The maximum atomic E-state index is 13.3. The predicted octanol–water partition coefficient (Wildman–Crippen LogP) is 2.65. The van der Waals surface area contributed by atoms with E-state index in [1.165, 1.54) is 0 Å². The average molecular weight is 555 g/mol. The molecule has 1 atom stereocenters. The third-order valence-electron chi connectivity index (χ3n) is 7.63. The van der Waals surface area contributed by atoms with Gasteiger partial charge in [0.05, 0.1) is 28.1 Å². The second-order valence-electron chi connectivity index (χ2n) is 11.3. The fourth-order valence-electron chi connectivity index (χ4n) is 5.34. The Morgan fingerprint density at radius 2 is 1.82 bits per heavy atom. The van der Waals surface area contributed by atoms with Crippen LogP contribution in [0.4, 0.5) is 5.69 Å². The van der Waals surface area contributed by atoms with Gasteiger partial charge in [0.2, 0.25) is 15.9 Å². The second kappa shape index (κ2) is 9.91. The number of hydrogen-bond donors (Lipinski definition) is 2. The van der Waals surface area contributed by atoms with Crippen molar-refractivity contribution in [3.63, 3.8) is 0 Å². The van der Waals surface area contributed by atoms with Gasteiger partial charge in [-0.3, -0.25) is 24.0 Å². The van der Waals surface area contributed by atoms with Gasteiger partial charge in [-0.15, -0.1) is 0 Å². The fraction of sp³-hybridized carbons (Fsp3) is 0.481. The van der Waals surface area contributed by atoms with Crippen LogP contribution in [0.25, 0.3) is 0 Å². The van der Waals surface area contributed by atoms with Crippen LogP contribution in [0.5, 0.6) is 0 Å². The summed E-state index contributed by atoms with van der Waals surface area (Å²) in [6.07, 6.45) is 5.86. The summed E-state index contributed by atoms with van der Waals surface area (Å²) in [4.78, 5) is 40.0. The number of rotatable bonds is 6. The van der Waals surface area contributed by atoms with E-state index in [4.69, 9.17) is 0 Å². The Balaban J connectivity index is 1.24. The highest BCUT2D eigenvalue weighted by molar-refractivity contribution is 7.90. The molecule has 2 saturated heterocycles. The molecule has 0 bridgehead atoms. The molecular formula is C27H34N6O5S. The van der Waals surface area contributed by atoms with E-state index in [1.54, 1.807) is 49.5 Å². The molecule has 1 unspecified atom stereocenters. The summed E-state index contributed by atoms with van der Waals surface area (Å²) in [5.74, 6) is -1.36. The van der Waals surface area contributed by atoms with E-state index in [1.807, 2.05) is 10.9 Å². The maximum Gasteiger partial charge on any atom is 0.264 e. The zero-order valence-electron chi connectivity index (χ0n) is 22.4. The number of anilines is 1. The van der Waals surface area contributed by atoms with Crippen LogP contribution in [0.2, 0.25) is 0 Å². The highest BCUT2D eigenvalue weighted by Gasteiger charge is 2.45. The van der Waals surface area contributed by atoms with Gasteiger partial charge in [-0.05, 0) is 58.6 Å². The molecule has 1 aromatic carbocycles. The lowest BCUT2D eigenvalue weighted by molar-refractivity contribution is -0.125. The molecule has 2 N–H and O–H groups in total. The number of nitrogens with zero attached hydrogens (tertiary/aromatic N) is 4. The van der Waals surface area contributed by atoms with Gasteiger partial charge in [-0.25, -0.2) is 12.7 Å². The van der Waals surface area contributed by atoms with E-state index in [9.17, 15) is 22.8 Å². The molecule has 0 aliphatic carbocycles. The number of sulfonamides is 1. The standard InChI is InChI=1S/C27H34N6O5S/c1-17-8-9-22(24(34)30-17)33-25(35)20-6-5-7-21(23(20)26(33)36)28-14-18-15-29-32(16-18)19-10-12-31(13-11-19)39(37,38)27(2,3)4/h5-7,15-16,19,22,28H,1,8-14H2,2-4H3,(H,30,34). The minimum absolute atomic E-state index is 0.0941. The van der Waals surface area contributed by atoms with Crippen LogP contribution in [0, 0.1) is 0 Å². The first kappa shape index (κ1) is 27.1. The van der Waals surface area contributed by atoms with Crippen LogP contribution in [0.15, 0.2) is 42.9 Å². The van der Waals surface area contributed by atoms with Gasteiger partial charge in [0.15, 0.2) is 0 Å². The highest BCUT2D eigenvalue weighted by atomic mass is 32.2. The molecular weight excluding hydrogens is 520 g/mol. The molecule has 12 heteroatoms. The van der Waals surface area contributed by atoms with E-state index in [2.05, 4.69) is 22.3 Å². The summed E-state index contributed by atoms with van der Waals surface area (Å²) in [6, 6.07) is 4.29. The van der Waals surface area contributed by atoms with Crippen LogP contribution in [-0.2, 0) is 21.4 Å². The quantitative estimate of drug-likeness (QED) is 0.525. The Morgan fingerprint density at radius 1 is 1.10 bits per heavy atom. The fourth-order valence-corrected chi connectivity index (χ4v) is 6.81. The zero-order chi connectivity index (χ0) is 28.1. The summed E-state index contributed by atoms with van der Waals surface area (Å²) in [5.41, 5.74) is 2.52. The van der Waals surface area contributed by atoms with E-state index in [-0.39, 0.29) is 17.2 Å². The van der Waals surface area contributed by atoms with E-state index in [0.717, 1.165) is 10.5 Å². The zero-order valence-corrected chi connectivity index (χ0v) is 23.3. The maximum absolute atomic E-state index is 13.3. The number of carbonyl (C=O) groups is 3. The summed E-state index contributed by atoms with van der Waals surface area (Å²) in [5, 5.41) is 10.4. The van der Waals surface area contributed by atoms with Gasteiger partial charge in [0.25, 0.3) is 11.8 Å². The van der Waals surface area contributed by atoms with Gasteiger partial charge < -0.3 is 10.6 Å². The molecule has 39 heavy (non-hydrogen) atoms. The van der Waals surface area contributed by atoms with Crippen molar-refractivity contribution in [1.82, 2.24) is 24.3 Å². The van der Waals surface area contributed by atoms with Crippen LogP contribution in [-0.4, -0.2) is 69.0 Å². The molecule has 2 fully saturated rings. The van der Waals surface area contributed by atoms with Crippen molar-refractivity contribution < 1.29 is 22.8 Å². The molecule has 208 valence electrons. The number of piperidine rings is 2. The summed E-state index contributed by atoms with van der Waals surface area (Å²) >= 11 is 0. The molecule has 3 amide bonds. The summed E-state index contributed by atoms with van der Waals surface area (Å²) < 4.78 is 28.1. The molecule has 5 rings (SSSR count). The Labute approximate surface area is 228 Å². The van der Waals surface area contributed by atoms with E-state index in [0.29, 0.717) is 56.7 Å². The Kier molecular flexibility index (Phi) is 6.88. The Hall–Kier alpha value is -3.51. The van der Waals surface area contributed by atoms with Crippen LogP contribution >= 0.6 is 0 Å². The summed E-state index contributed by atoms with van der Waals surface area (Å²) in [7, 11) is -3.36. The molecule has 0 spiro atoms. The number of nitrogens with one attached hydrogen (secondary N) is 2. The second-order valence-corrected chi connectivity index (χ2v) is 14.0. The number of allylic oxidation sites excluding steroid dienone is 1. The third kappa shape index (κ3) is 4.87.